The monoisotopic (exact) mass is 314 g/mol. The maximum absolute atomic E-state index is 12.1. The molecule has 1 amide bonds. The van der Waals surface area contributed by atoms with E-state index in [4.69, 9.17) is 9.15 Å². The molecule has 1 aromatic heterocycles. The van der Waals surface area contributed by atoms with Gasteiger partial charge in [-0.15, -0.1) is 0 Å². The number of amidine groups is 1. The Hall–Kier alpha value is -2.56. The molecule has 5 nitrogen and oxygen atoms in total. The highest BCUT2D eigenvalue weighted by atomic mass is 16.5. The van der Waals surface area contributed by atoms with Gasteiger partial charge in [-0.1, -0.05) is 44.2 Å². The van der Waals surface area contributed by atoms with Gasteiger partial charge in [0.25, 0.3) is 11.9 Å². The molecule has 0 aliphatic rings. The number of ether oxygens (including phenoxy) is 1. The molecule has 2 aromatic rings. The van der Waals surface area contributed by atoms with E-state index in [9.17, 15) is 4.79 Å². The number of nitrogens with one attached hydrogen (secondary N) is 1. The lowest BCUT2D eigenvalue weighted by Gasteiger charge is -2.14. The van der Waals surface area contributed by atoms with Crippen LogP contribution in [0.4, 0.5) is 0 Å². The Kier molecular flexibility index (Phi) is 5.97. The van der Waals surface area contributed by atoms with Crippen molar-refractivity contribution in [2.75, 3.05) is 6.61 Å². The van der Waals surface area contributed by atoms with Crippen LogP contribution in [-0.2, 0) is 4.74 Å². The van der Waals surface area contributed by atoms with E-state index < -0.39 is 0 Å². The van der Waals surface area contributed by atoms with Crippen molar-refractivity contribution >= 4 is 11.9 Å². The molecular weight excluding hydrogens is 292 g/mol. The third kappa shape index (κ3) is 5.29. The van der Waals surface area contributed by atoms with Crippen molar-refractivity contribution in [3.63, 3.8) is 0 Å². The summed E-state index contributed by atoms with van der Waals surface area (Å²) in [5.41, 5.74) is 1.05. The molecule has 1 heterocycles. The summed E-state index contributed by atoms with van der Waals surface area (Å²) in [6, 6.07) is 13.2. The van der Waals surface area contributed by atoms with E-state index in [0.717, 1.165) is 5.56 Å². The van der Waals surface area contributed by atoms with Crippen molar-refractivity contribution in [2.24, 2.45) is 10.9 Å². The second-order valence-electron chi connectivity index (χ2n) is 5.66. The predicted molar refractivity (Wildman–Crippen MR) is 89.3 cm³/mol. The summed E-state index contributed by atoms with van der Waals surface area (Å²) in [4.78, 5) is 16.6. The normalized spacial score (nSPS) is 13.0. The summed E-state index contributed by atoms with van der Waals surface area (Å²) in [5.74, 6) is 0.170. The summed E-state index contributed by atoms with van der Waals surface area (Å²) in [6.07, 6.45) is 1.45. The highest BCUT2D eigenvalue weighted by Gasteiger charge is 2.14. The molecule has 0 fully saturated rings. The number of hydrogen-bond acceptors (Lipinski definition) is 4. The predicted octanol–water partition coefficient (Wildman–Crippen LogP) is 3.80. The maximum atomic E-state index is 12.1. The number of aliphatic imine (C=N–C) groups is 1. The molecular formula is C18H22N2O3. The lowest BCUT2D eigenvalue weighted by molar-refractivity contribution is 0.0935. The minimum atomic E-state index is -0.377. The van der Waals surface area contributed by atoms with Gasteiger partial charge in [-0.3, -0.25) is 10.1 Å². The lowest BCUT2D eigenvalue weighted by atomic mass is 10.1. The largest absolute Gasteiger partial charge is 0.465 e. The van der Waals surface area contributed by atoms with Gasteiger partial charge in [0.15, 0.2) is 5.76 Å². The number of carbonyl (C=O) groups excluding carboxylic acids is 1. The van der Waals surface area contributed by atoms with Gasteiger partial charge in [0.05, 0.1) is 18.9 Å². The first-order valence-electron chi connectivity index (χ1n) is 7.66. The van der Waals surface area contributed by atoms with Gasteiger partial charge < -0.3 is 9.15 Å². The molecule has 0 aliphatic heterocycles. The average Bonchev–Trinajstić information content (AvgIpc) is 3.08. The topological polar surface area (TPSA) is 63.8 Å². The van der Waals surface area contributed by atoms with Crippen LogP contribution in [0.3, 0.4) is 0 Å². The fourth-order valence-electron chi connectivity index (χ4n) is 1.90. The summed E-state index contributed by atoms with van der Waals surface area (Å²) in [5, 5.41) is 2.67. The van der Waals surface area contributed by atoms with Crippen molar-refractivity contribution < 1.29 is 13.9 Å². The average molecular weight is 314 g/mol. The second-order valence-corrected chi connectivity index (χ2v) is 5.66. The Morgan fingerprint density at radius 3 is 2.52 bits per heavy atom. The molecule has 0 saturated carbocycles. The van der Waals surface area contributed by atoms with Crippen LogP contribution in [-0.4, -0.2) is 18.5 Å². The summed E-state index contributed by atoms with van der Waals surface area (Å²) in [7, 11) is 0. The highest BCUT2D eigenvalue weighted by molar-refractivity contribution is 6.02. The van der Waals surface area contributed by atoms with E-state index in [1.54, 1.807) is 12.1 Å². The Labute approximate surface area is 136 Å². The Balaban J connectivity index is 2.12. The number of furan rings is 1. The van der Waals surface area contributed by atoms with Crippen molar-refractivity contribution in [3.8, 4) is 0 Å². The molecule has 1 unspecified atom stereocenters. The van der Waals surface area contributed by atoms with E-state index >= 15 is 0 Å². The van der Waals surface area contributed by atoms with Crippen molar-refractivity contribution in [3.05, 3.63) is 60.1 Å². The van der Waals surface area contributed by atoms with E-state index in [0.29, 0.717) is 12.5 Å². The van der Waals surface area contributed by atoms with Crippen molar-refractivity contribution in [2.45, 2.75) is 26.8 Å². The number of nitrogens with zero attached hydrogens (tertiary/aromatic N) is 1. The zero-order valence-electron chi connectivity index (χ0n) is 13.7. The molecule has 0 spiro atoms. The molecule has 0 aliphatic carbocycles. The zero-order chi connectivity index (χ0) is 16.7. The third-order valence-electron chi connectivity index (χ3n) is 3.11. The van der Waals surface area contributed by atoms with Crippen LogP contribution in [0.5, 0.6) is 0 Å². The Morgan fingerprint density at radius 2 is 1.91 bits per heavy atom. The minimum absolute atomic E-state index is 0.129. The minimum Gasteiger partial charge on any atom is -0.465 e. The SMILES string of the molecule is CC(C)COC(=NC(C)c1ccccc1)NC(=O)c1ccco1. The lowest BCUT2D eigenvalue weighted by Crippen LogP contribution is -2.33. The Bertz CT molecular complexity index is 634. The van der Waals surface area contributed by atoms with E-state index in [2.05, 4.69) is 10.3 Å². The fraction of sp³-hybridized carbons (Fsp3) is 0.333. The standard InChI is InChI=1S/C18H22N2O3/c1-13(2)12-23-18(20-17(21)16-10-7-11-22-16)19-14(3)15-8-5-4-6-9-15/h4-11,13-14H,12H2,1-3H3,(H,19,20,21). The highest BCUT2D eigenvalue weighted by Crippen LogP contribution is 2.16. The molecule has 0 bridgehead atoms. The second kappa shape index (κ2) is 8.17. The van der Waals surface area contributed by atoms with Crippen molar-refractivity contribution in [1.29, 1.82) is 0 Å². The third-order valence-corrected chi connectivity index (χ3v) is 3.11. The summed E-state index contributed by atoms with van der Waals surface area (Å²) in [6.45, 7) is 6.49. The van der Waals surface area contributed by atoms with Gasteiger partial charge in [-0.05, 0) is 30.5 Å². The van der Waals surface area contributed by atoms with E-state index in [1.807, 2.05) is 51.1 Å². The molecule has 1 aromatic carbocycles. The van der Waals surface area contributed by atoms with Gasteiger partial charge in [0.1, 0.15) is 0 Å². The van der Waals surface area contributed by atoms with E-state index in [-0.39, 0.29) is 23.7 Å². The smallest absolute Gasteiger partial charge is 0.294 e. The van der Waals surface area contributed by atoms with Crippen LogP contribution in [0, 0.1) is 5.92 Å². The fourth-order valence-corrected chi connectivity index (χ4v) is 1.90. The van der Waals surface area contributed by atoms with Gasteiger partial charge >= 0.3 is 0 Å². The molecule has 1 atom stereocenters. The van der Waals surface area contributed by atoms with E-state index in [1.165, 1.54) is 6.26 Å². The summed E-state index contributed by atoms with van der Waals surface area (Å²) < 4.78 is 10.7. The number of rotatable bonds is 5. The first kappa shape index (κ1) is 16.8. The molecule has 122 valence electrons. The molecule has 2 rings (SSSR count). The first-order chi connectivity index (χ1) is 11.1. The number of benzene rings is 1. The molecule has 1 N–H and O–H groups in total. The van der Waals surface area contributed by atoms with Crippen LogP contribution in [0.25, 0.3) is 0 Å². The molecule has 0 radical (unpaired) electrons. The van der Waals surface area contributed by atoms with Crippen LogP contribution < -0.4 is 5.32 Å². The van der Waals surface area contributed by atoms with Gasteiger partial charge in [-0.25, -0.2) is 4.99 Å². The first-order valence-corrected chi connectivity index (χ1v) is 7.66. The van der Waals surface area contributed by atoms with Crippen LogP contribution in [0.15, 0.2) is 58.1 Å². The van der Waals surface area contributed by atoms with Crippen LogP contribution in [0.2, 0.25) is 0 Å². The quantitative estimate of drug-likeness (QED) is 0.674. The Morgan fingerprint density at radius 1 is 1.17 bits per heavy atom. The van der Waals surface area contributed by atoms with Crippen molar-refractivity contribution in [1.82, 2.24) is 5.32 Å². The molecule has 0 saturated heterocycles. The van der Waals surface area contributed by atoms with Gasteiger partial charge in [0, 0.05) is 0 Å². The van der Waals surface area contributed by atoms with Crippen LogP contribution in [0.1, 0.15) is 42.9 Å². The number of hydrogen-bond donors (Lipinski definition) is 1. The number of carbonyl (C=O) groups is 1. The van der Waals surface area contributed by atoms with Gasteiger partial charge in [0.2, 0.25) is 0 Å². The zero-order valence-corrected chi connectivity index (χ0v) is 13.7. The van der Waals surface area contributed by atoms with Crippen LogP contribution >= 0.6 is 0 Å². The molecule has 23 heavy (non-hydrogen) atoms. The summed E-state index contributed by atoms with van der Waals surface area (Å²) >= 11 is 0. The maximum Gasteiger partial charge on any atom is 0.294 e. The molecule has 5 heteroatoms. The van der Waals surface area contributed by atoms with Gasteiger partial charge in [-0.2, -0.15) is 0 Å². The number of amides is 1.